The number of aromatic nitrogens is 2. The molecule has 18 heavy (non-hydrogen) atoms. The first-order valence-corrected chi connectivity index (χ1v) is 6.50. The first-order valence-electron chi connectivity index (χ1n) is 4.86. The minimum Gasteiger partial charge on any atom is -0.355 e. The van der Waals surface area contributed by atoms with Crippen LogP contribution in [0.5, 0.6) is 0 Å². The quantitative estimate of drug-likeness (QED) is 0.856. The zero-order chi connectivity index (χ0) is 13.1. The van der Waals surface area contributed by atoms with Gasteiger partial charge in [0.1, 0.15) is 10.0 Å². The molecule has 0 aliphatic rings. The summed E-state index contributed by atoms with van der Waals surface area (Å²) in [7, 11) is 1.57. The molecule has 2 aromatic rings. The number of carbonyl (C=O) groups is 1. The SMILES string of the molecule is CNC(=O)c1ccsc1Nc1nc(Cl)ncc1Cl. The van der Waals surface area contributed by atoms with Gasteiger partial charge in [0.25, 0.3) is 5.91 Å². The van der Waals surface area contributed by atoms with Gasteiger partial charge in [-0.15, -0.1) is 11.3 Å². The van der Waals surface area contributed by atoms with Gasteiger partial charge in [-0.2, -0.15) is 4.98 Å². The Morgan fingerprint density at radius 1 is 1.44 bits per heavy atom. The smallest absolute Gasteiger partial charge is 0.254 e. The van der Waals surface area contributed by atoms with E-state index in [-0.39, 0.29) is 11.2 Å². The number of halogens is 2. The Morgan fingerprint density at radius 3 is 2.94 bits per heavy atom. The Hall–Kier alpha value is -1.37. The lowest BCUT2D eigenvalue weighted by atomic mass is 10.3. The molecule has 2 rings (SSSR count). The molecule has 0 saturated heterocycles. The van der Waals surface area contributed by atoms with Crippen LogP contribution in [0, 0.1) is 0 Å². The molecule has 0 aliphatic heterocycles. The highest BCUT2D eigenvalue weighted by atomic mass is 35.5. The Kier molecular flexibility index (Phi) is 4.00. The third-order valence-electron chi connectivity index (χ3n) is 2.08. The van der Waals surface area contributed by atoms with E-state index < -0.39 is 0 Å². The van der Waals surface area contributed by atoms with Crippen LogP contribution in [0.2, 0.25) is 10.3 Å². The van der Waals surface area contributed by atoms with Gasteiger partial charge in [-0.3, -0.25) is 4.79 Å². The second kappa shape index (κ2) is 5.51. The molecule has 8 heteroatoms. The lowest BCUT2D eigenvalue weighted by Crippen LogP contribution is -2.18. The van der Waals surface area contributed by atoms with Crippen molar-refractivity contribution in [1.29, 1.82) is 0 Å². The molecular formula is C10H8Cl2N4OS. The van der Waals surface area contributed by atoms with Gasteiger partial charge in [-0.1, -0.05) is 11.6 Å². The second-order valence-electron chi connectivity index (χ2n) is 3.20. The molecule has 1 amide bonds. The van der Waals surface area contributed by atoms with E-state index in [0.29, 0.717) is 21.4 Å². The summed E-state index contributed by atoms with van der Waals surface area (Å²) in [6.07, 6.45) is 1.40. The first kappa shape index (κ1) is 13.1. The van der Waals surface area contributed by atoms with E-state index in [9.17, 15) is 4.79 Å². The van der Waals surface area contributed by atoms with Crippen LogP contribution in [0.15, 0.2) is 17.6 Å². The average Bonchev–Trinajstić information content (AvgIpc) is 2.81. The van der Waals surface area contributed by atoms with Gasteiger partial charge in [0.05, 0.1) is 11.8 Å². The molecule has 0 unspecified atom stereocenters. The van der Waals surface area contributed by atoms with Gasteiger partial charge >= 0.3 is 0 Å². The maximum absolute atomic E-state index is 11.6. The van der Waals surface area contributed by atoms with Crippen LogP contribution < -0.4 is 10.6 Å². The highest BCUT2D eigenvalue weighted by Gasteiger charge is 2.13. The van der Waals surface area contributed by atoms with Crippen LogP contribution in [0.3, 0.4) is 0 Å². The Labute approximate surface area is 117 Å². The fourth-order valence-electron chi connectivity index (χ4n) is 1.26. The summed E-state index contributed by atoms with van der Waals surface area (Å²) in [4.78, 5) is 19.3. The van der Waals surface area contributed by atoms with Gasteiger partial charge < -0.3 is 10.6 Å². The molecule has 2 heterocycles. The highest BCUT2D eigenvalue weighted by Crippen LogP contribution is 2.29. The number of nitrogens with one attached hydrogen (secondary N) is 2. The maximum atomic E-state index is 11.6. The summed E-state index contributed by atoms with van der Waals surface area (Å²) in [5.41, 5.74) is 0.522. The number of nitrogens with zero attached hydrogens (tertiary/aromatic N) is 2. The zero-order valence-electron chi connectivity index (χ0n) is 9.20. The van der Waals surface area contributed by atoms with E-state index in [0.717, 1.165) is 0 Å². The standard InChI is InChI=1S/C10H8Cl2N4OS/c1-13-8(17)5-2-3-18-9(5)15-7-6(11)4-14-10(12)16-7/h2-4H,1H3,(H,13,17)(H,14,15,16). The van der Waals surface area contributed by atoms with Gasteiger partial charge in [0.15, 0.2) is 5.82 Å². The van der Waals surface area contributed by atoms with Crippen molar-refractivity contribution in [2.24, 2.45) is 0 Å². The molecule has 0 bridgehead atoms. The Bertz CT molecular complexity index is 587. The summed E-state index contributed by atoms with van der Waals surface area (Å²) >= 11 is 13.0. The summed E-state index contributed by atoms with van der Waals surface area (Å²) in [6.45, 7) is 0. The fraction of sp³-hybridized carbons (Fsp3) is 0.100. The molecule has 0 atom stereocenters. The van der Waals surface area contributed by atoms with Crippen LogP contribution in [-0.2, 0) is 0 Å². The number of amides is 1. The average molecular weight is 303 g/mol. The minimum atomic E-state index is -0.185. The third kappa shape index (κ3) is 2.72. The predicted molar refractivity (Wildman–Crippen MR) is 73.0 cm³/mol. The largest absolute Gasteiger partial charge is 0.355 e. The summed E-state index contributed by atoms with van der Waals surface area (Å²) in [6, 6.07) is 1.71. The van der Waals surface area contributed by atoms with Crippen molar-refractivity contribution in [2.75, 3.05) is 12.4 Å². The maximum Gasteiger partial charge on any atom is 0.254 e. The lowest BCUT2D eigenvalue weighted by Gasteiger charge is -2.07. The van der Waals surface area contributed by atoms with Crippen LogP contribution in [0.25, 0.3) is 0 Å². The van der Waals surface area contributed by atoms with Crippen LogP contribution in [0.4, 0.5) is 10.8 Å². The third-order valence-corrected chi connectivity index (χ3v) is 3.37. The van der Waals surface area contributed by atoms with Gasteiger partial charge in [0, 0.05) is 7.05 Å². The molecule has 94 valence electrons. The minimum absolute atomic E-state index is 0.0833. The number of anilines is 2. The van der Waals surface area contributed by atoms with Crippen LogP contribution in [-0.4, -0.2) is 22.9 Å². The van der Waals surface area contributed by atoms with Crippen molar-refractivity contribution in [3.63, 3.8) is 0 Å². The second-order valence-corrected chi connectivity index (χ2v) is 4.86. The number of carbonyl (C=O) groups excluding carboxylic acids is 1. The van der Waals surface area contributed by atoms with E-state index in [1.54, 1.807) is 18.5 Å². The zero-order valence-corrected chi connectivity index (χ0v) is 11.5. The molecule has 0 spiro atoms. The van der Waals surface area contributed by atoms with E-state index in [4.69, 9.17) is 23.2 Å². The van der Waals surface area contributed by atoms with E-state index in [2.05, 4.69) is 20.6 Å². The first-order chi connectivity index (χ1) is 8.61. The van der Waals surface area contributed by atoms with E-state index in [1.807, 2.05) is 0 Å². The van der Waals surface area contributed by atoms with Gasteiger partial charge in [0.2, 0.25) is 5.28 Å². The molecule has 2 aromatic heterocycles. The van der Waals surface area contributed by atoms with Gasteiger partial charge in [-0.05, 0) is 23.0 Å². The summed E-state index contributed by atoms with van der Waals surface area (Å²) in [5.74, 6) is 0.180. The molecule has 0 aliphatic carbocycles. The number of thiophene rings is 1. The van der Waals surface area contributed by atoms with Crippen LogP contribution >= 0.6 is 34.5 Å². The number of rotatable bonds is 3. The Balaban J connectivity index is 2.32. The van der Waals surface area contributed by atoms with E-state index >= 15 is 0 Å². The summed E-state index contributed by atoms with van der Waals surface area (Å²) < 4.78 is 0. The molecule has 5 nitrogen and oxygen atoms in total. The monoisotopic (exact) mass is 302 g/mol. The molecule has 0 saturated carbocycles. The van der Waals surface area contributed by atoms with E-state index in [1.165, 1.54) is 17.5 Å². The van der Waals surface area contributed by atoms with Crippen molar-refractivity contribution in [3.8, 4) is 0 Å². The topological polar surface area (TPSA) is 66.9 Å². The van der Waals surface area contributed by atoms with Crippen molar-refractivity contribution in [1.82, 2.24) is 15.3 Å². The molecule has 0 radical (unpaired) electrons. The lowest BCUT2D eigenvalue weighted by molar-refractivity contribution is 0.0964. The Morgan fingerprint density at radius 2 is 2.22 bits per heavy atom. The molecule has 0 aromatic carbocycles. The van der Waals surface area contributed by atoms with Crippen molar-refractivity contribution < 1.29 is 4.79 Å². The van der Waals surface area contributed by atoms with Crippen molar-refractivity contribution in [3.05, 3.63) is 33.5 Å². The number of hydrogen-bond donors (Lipinski definition) is 2. The predicted octanol–water partition coefficient (Wildman–Crippen LogP) is 2.95. The molecular weight excluding hydrogens is 295 g/mol. The molecule has 2 N–H and O–H groups in total. The van der Waals surface area contributed by atoms with Crippen molar-refractivity contribution >= 4 is 51.3 Å². The van der Waals surface area contributed by atoms with Gasteiger partial charge in [-0.25, -0.2) is 4.98 Å². The number of hydrogen-bond acceptors (Lipinski definition) is 5. The summed E-state index contributed by atoms with van der Waals surface area (Å²) in [5, 5.41) is 8.37. The normalized spacial score (nSPS) is 10.2. The van der Waals surface area contributed by atoms with Crippen LogP contribution in [0.1, 0.15) is 10.4 Å². The fourth-order valence-corrected chi connectivity index (χ4v) is 2.32. The highest BCUT2D eigenvalue weighted by molar-refractivity contribution is 7.14. The molecule has 0 fully saturated rings. The van der Waals surface area contributed by atoms with Crippen molar-refractivity contribution in [2.45, 2.75) is 0 Å².